The van der Waals surface area contributed by atoms with Crippen LogP contribution in [0.15, 0.2) is 12.1 Å². The van der Waals surface area contributed by atoms with Crippen molar-refractivity contribution >= 4 is 0 Å². The molecule has 2 rings (SSSR count). The fourth-order valence-electron chi connectivity index (χ4n) is 2.26. The Morgan fingerprint density at radius 3 is 2.45 bits per heavy atom. The second-order valence-electron chi connectivity index (χ2n) is 4.63. The molecule has 2 nitrogen and oxygen atoms in total. The maximum Gasteiger partial charge on any atom is 0.200 e. The van der Waals surface area contributed by atoms with Gasteiger partial charge in [-0.1, -0.05) is 19.9 Å². The number of ether oxygens (including phenoxy) is 2. The van der Waals surface area contributed by atoms with Gasteiger partial charge >= 0.3 is 0 Å². The highest BCUT2D eigenvalue weighted by molar-refractivity contribution is 5.33. The van der Waals surface area contributed by atoms with Gasteiger partial charge in [0.1, 0.15) is 0 Å². The number of halogens is 2. The predicted molar refractivity (Wildman–Crippen MR) is 76.3 cm³/mol. The van der Waals surface area contributed by atoms with Gasteiger partial charge in [0.25, 0.3) is 0 Å². The van der Waals surface area contributed by atoms with Crippen LogP contribution in [0.5, 0.6) is 5.75 Å². The van der Waals surface area contributed by atoms with Crippen molar-refractivity contribution in [3.63, 3.8) is 0 Å². The molecular weight excluding hydrogens is 262 g/mol. The fourth-order valence-corrected chi connectivity index (χ4v) is 2.26. The second kappa shape index (κ2) is 8.20. The van der Waals surface area contributed by atoms with Gasteiger partial charge in [0.2, 0.25) is 5.82 Å². The predicted octanol–water partition coefficient (Wildman–Crippen LogP) is 4.67. The molecule has 2 atom stereocenters. The van der Waals surface area contributed by atoms with Crippen molar-refractivity contribution in [3.8, 4) is 5.75 Å². The summed E-state index contributed by atoms with van der Waals surface area (Å²) in [5.74, 6) is -1.78. The van der Waals surface area contributed by atoms with Gasteiger partial charge in [0, 0.05) is 5.92 Å². The van der Waals surface area contributed by atoms with Crippen molar-refractivity contribution in [1.82, 2.24) is 0 Å². The van der Waals surface area contributed by atoms with Gasteiger partial charge in [-0.15, -0.1) is 0 Å². The van der Waals surface area contributed by atoms with Crippen LogP contribution in [-0.2, 0) is 4.74 Å². The first-order valence-electron chi connectivity index (χ1n) is 7.35. The van der Waals surface area contributed by atoms with Gasteiger partial charge in [-0.05, 0) is 38.3 Å². The van der Waals surface area contributed by atoms with Gasteiger partial charge in [0.05, 0.1) is 19.3 Å². The summed E-state index contributed by atoms with van der Waals surface area (Å²) in [6.07, 6.45) is 1.90. The maximum atomic E-state index is 14.0. The van der Waals surface area contributed by atoms with Crippen molar-refractivity contribution in [2.75, 3.05) is 13.2 Å². The summed E-state index contributed by atoms with van der Waals surface area (Å²) in [4.78, 5) is 0. The Labute approximate surface area is 120 Å². The van der Waals surface area contributed by atoms with Crippen LogP contribution < -0.4 is 4.74 Å². The summed E-state index contributed by atoms with van der Waals surface area (Å²) in [7, 11) is 0. The van der Waals surface area contributed by atoms with E-state index in [1.807, 2.05) is 20.8 Å². The molecule has 0 aromatic heterocycles. The zero-order valence-electron chi connectivity index (χ0n) is 12.7. The van der Waals surface area contributed by atoms with E-state index in [1.54, 1.807) is 13.0 Å². The van der Waals surface area contributed by atoms with E-state index >= 15 is 0 Å². The lowest BCUT2D eigenvalue weighted by Gasteiger charge is -2.27. The first-order valence-corrected chi connectivity index (χ1v) is 7.35. The monoisotopic (exact) mass is 286 g/mol. The van der Waals surface area contributed by atoms with Crippen molar-refractivity contribution in [1.29, 1.82) is 0 Å². The van der Waals surface area contributed by atoms with E-state index in [0.29, 0.717) is 18.8 Å². The van der Waals surface area contributed by atoms with Crippen LogP contribution in [0.4, 0.5) is 8.78 Å². The Hall–Kier alpha value is -1.16. The van der Waals surface area contributed by atoms with Crippen LogP contribution in [0, 0.1) is 11.6 Å². The minimum absolute atomic E-state index is 0.0242. The Morgan fingerprint density at radius 1 is 1.20 bits per heavy atom. The Balaban J connectivity index is 0.000000956. The minimum Gasteiger partial charge on any atom is -0.491 e. The Morgan fingerprint density at radius 2 is 1.90 bits per heavy atom. The molecule has 0 N–H and O–H groups in total. The normalized spacial score (nSPS) is 21.9. The molecule has 1 heterocycles. The molecule has 1 aliphatic rings. The van der Waals surface area contributed by atoms with E-state index in [9.17, 15) is 8.78 Å². The van der Waals surface area contributed by atoms with Gasteiger partial charge in [-0.2, -0.15) is 4.39 Å². The molecule has 0 amide bonds. The number of rotatable bonds is 3. The SMILES string of the molecule is CC.CCOc1ccc(C2CCC(C)OC2)c(F)c1F. The highest BCUT2D eigenvalue weighted by atomic mass is 19.2. The average Bonchev–Trinajstić information content (AvgIpc) is 2.48. The highest BCUT2D eigenvalue weighted by Gasteiger charge is 2.25. The molecule has 4 heteroatoms. The second-order valence-corrected chi connectivity index (χ2v) is 4.63. The molecule has 114 valence electrons. The molecule has 2 unspecified atom stereocenters. The molecule has 0 spiro atoms. The van der Waals surface area contributed by atoms with Crippen molar-refractivity contribution in [2.24, 2.45) is 0 Å². The lowest BCUT2D eigenvalue weighted by atomic mass is 9.91. The summed E-state index contributed by atoms with van der Waals surface area (Å²) in [6, 6.07) is 3.10. The quantitative estimate of drug-likeness (QED) is 0.803. The maximum absolute atomic E-state index is 14.0. The Bertz CT molecular complexity index is 413. The van der Waals surface area contributed by atoms with Gasteiger partial charge in [0.15, 0.2) is 11.6 Å². The van der Waals surface area contributed by atoms with E-state index < -0.39 is 11.6 Å². The lowest BCUT2D eigenvalue weighted by Crippen LogP contribution is -2.23. The van der Waals surface area contributed by atoms with Crippen LogP contribution in [-0.4, -0.2) is 19.3 Å². The first-order chi connectivity index (χ1) is 9.63. The fraction of sp³-hybridized carbons (Fsp3) is 0.625. The average molecular weight is 286 g/mol. The number of benzene rings is 1. The van der Waals surface area contributed by atoms with Crippen LogP contribution in [0.25, 0.3) is 0 Å². The molecule has 0 aliphatic carbocycles. The van der Waals surface area contributed by atoms with E-state index in [4.69, 9.17) is 9.47 Å². The third kappa shape index (κ3) is 3.92. The molecular formula is C16H24F2O2. The number of hydrogen-bond acceptors (Lipinski definition) is 2. The molecule has 1 aromatic rings. The van der Waals surface area contributed by atoms with Crippen molar-refractivity contribution < 1.29 is 18.3 Å². The summed E-state index contributed by atoms with van der Waals surface area (Å²) in [5, 5.41) is 0. The van der Waals surface area contributed by atoms with E-state index in [2.05, 4.69) is 0 Å². The zero-order valence-corrected chi connectivity index (χ0v) is 12.7. The number of hydrogen-bond donors (Lipinski definition) is 0. The first kappa shape index (κ1) is 16.9. The van der Waals surface area contributed by atoms with Crippen LogP contribution >= 0.6 is 0 Å². The third-order valence-electron chi connectivity index (χ3n) is 3.32. The smallest absolute Gasteiger partial charge is 0.200 e. The molecule has 1 aliphatic heterocycles. The molecule has 1 fully saturated rings. The topological polar surface area (TPSA) is 18.5 Å². The summed E-state index contributed by atoms with van der Waals surface area (Å²) < 4.78 is 38.2. The standard InChI is InChI=1S/C14H18F2O2.C2H6/c1-3-17-12-7-6-11(13(15)14(12)16)10-5-4-9(2)18-8-10;1-2/h6-7,9-10H,3-5,8H2,1-2H3;1-2H3. The van der Waals surface area contributed by atoms with Crippen LogP contribution in [0.3, 0.4) is 0 Å². The van der Waals surface area contributed by atoms with E-state index in [0.717, 1.165) is 12.8 Å². The van der Waals surface area contributed by atoms with Crippen LogP contribution in [0.1, 0.15) is 52.0 Å². The van der Waals surface area contributed by atoms with E-state index in [1.165, 1.54) is 6.07 Å². The summed E-state index contributed by atoms with van der Waals surface area (Å²) in [5.41, 5.74) is 0.392. The molecule has 1 aromatic carbocycles. The zero-order chi connectivity index (χ0) is 15.1. The Kier molecular flexibility index (Phi) is 6.93. The van der Waals surface area contributed by atoms with Gasteiger partial charge < -0.3 is 9.47 Å². The molecule has 20 heavy (non-hydrogen) atoms. The molecule has 0 radical (unpaired) electrons. The molecule has 0 bridgehead atoms. The molecule has 0 saturated carbocycles. The van der Waals surface area contributed by atoms with Crippen molar-refractivity contribution in [3.05, 3.63) is 29.3 Å². The van der Waals surface area contributed by atoms with Gasteiger partial charge in [-0.25, -0.2) is 4.39 Å². The van der Waals surface area contributed by atoms with E-state index in [-0.39, 0.29) is 17.8 Å². The summed E-state index contributed by atoms with van der Waals surface area (Å²) >= 11 is 0. The summed E-state index contributed by atoms with van der Waals surface area (Å²) in [6.45, 7) is 8.50. The largest absolute Gasteiger partial charge is 0.491 e. The third-order valence-corrected chi connectivity index (χ3v) is 3.32. The lowest BCUT2D eigenvalue weighted by molar-refractivity contribution is 0.0146. The molecule has 1 saturated heterocycles. The minimum atomic E-state index is -0.895. The van der Waals surface area contributed by atoms with Gasteiger partial charge in [-0.3, -0.25) is 0 Å². The van der Waals surface area contributed by atoms with Crippen molar-refractivity contribution in [2.45, 2.75) is 52.6 Å². The van der Waals surface area contributed by atoms with Crippen LogP contribution in [0.2, 0.25) is 0 Å². The highest BCUT2D eigenvalue weighted by Crippen LogP contribution is 2.33.